The summed E-state index contributed by atoms with van der Waals surface area (Å²) < 4.78 is 0.657. The third kappa shape index (κ3) is 1.90. The van der Waals surface area contributed by atoms with Crippen LogP contribution in [0.2, 0.25) is 7.87 Å². The van der Waals surface area contributed by atoms with E-state index in [1.807, 2.05) is 24.3 Å². The zero-order chi connectivity index (χ0) is 9.31. The molecule has 0 aromatic rings. The van der Waals surface area contributed by atoms with Gasteiger partial charge in [-0.2, -0.15) is 0 Å². The summed E-state index contributed by atoms with van der Waals surface area (Å²) in [6, 6.07) is 0. The summed E-state index contributed by atoms with van der Waals surface area (Å²) in [5, 5.41) is 0. The Balaban J connectivity index is 2.19. The quantitative estimate of drug-likeness (QED) is 0.677. The predicted octanol–water partition coefficient (Wildman–Crippen LogP) is 3.90. The molecule has 0 aromatic carbocycles. The van der Waals surface area contributed by atoms with E-state index in [1.165, 1.54) is 0 Å². The Bertz CT molecular complexity index is 259. The molecule has 0 saturated carbocycles. The van der Waals surface area contributed by atoms with Gasteiger partial charge in [0.2, 0.25) is 0 Å². The summed E-state index contributed by atoms with van der Waals surface area (Å²) in [6.45, 7) is 0. The molecule has 0 saturated heterocycles. The van der Waals surface area contributed by atoms with E-state index in [-0.39, 0.29) is 0 Å². The Morgan fingerprint density at radius 2 is 1.00 bits per heavy atom. The van der Waals surface area contributed by atoms with Crippen molar-refractivity contribution in [3.8, 4) is 0 Å². The molecular formula is C10H10Cl2Sn. The molecule has 0 fully saturated rings. The topological polar surface area (TPSA) is 0 Å². The fourth-order valence-corrected chi connectivity index (χ4v) is 11.0. The van der Waals surface area contributed by atoms with E-state index in [1.54, 1.807) is 0 Å². The summed E-state index contributed by atoms with van der Waals surface area (Å²) in [4.78, 5) is 0. The van der Waals surface area contributed by atoms with Gasteiger partial charge in [-0.05, 0) is 0 Å². The van der Waals surface area contributed by atoms with Crippen LogP contribution in [-0.2, 0) is 0 Å². The van der Waals surface area contributed by atoms with E-state index in [9.17, 15) is 0 Å². The van der Waals surface area contributed by atoms with Crippen molar-refractivity contribution in [2.75, 3.05) is 0 Å². The van der Waals surface area contributed by atoms with E-state index >= 15 is 0 Å². The van der Waals surface area contributed by atoms with Crippen LogP contribution < -0.4 is 0 Å². The number of hydrogen-bond donors (Lipinski definition) is 0. The van der Waals surface area contributed by atoms with E-state index in [2.05, 4.69) is 24.3 Å². The normalized spacial score (nSPS) is 22.3. The van der Waals surface area contributed by atoms with Crippen LogP contribution in [0.3, 0.4) is 0 Å². The summed E-state index contributed by atoms with van der Waals surface area (Å²) in [6.07, 6.45) is 16.6. The SMILES string of the molecule is [Cl][Sn]([Cl])([CH]1C=CC=C1)[CH]1C=CC=C1. The summed E-state index contributed by atoms with van der Waals surface area (Å²) >= 11 is -3.01. The van der Waals surface area contributed by atoms with Crippen molar-refractivity contribution in [3.63, 3.8) is 0 Å². The Labute approximate surface area is 89.9 Å². The van der Waals surface area contributed by atoms with Crippen LogP contribution >= 0.6 is 17.8 Å². The van der Waals surface area contributed by atoms with Crippen molar-refractivity contribution in [2.24, 2.45) is 0 Å². The van der Waals surface area contributed by atoms with Gasteiger partial charge >= 0.3 is 90.4 Å². The molecule has 0 spiro atoms. The number of hydrogen-bond acceptors (Lipinski definition) is 0. The van der Waals surface area contributed by atoms with Crippen molar-refractivity contribution in [1.29, 1.82) is 0 Å². The summed E-state index contributed by atoms with van der Waals surface area (Å²) in [5.74, 6) is 0. The van der Waals surface area contributed by atoms with Gasteiger partial charge < -0.3 is 0 Å². The summed E-state index contributed by atoms with van der Waals surface area (Å²) in [7, 11) is 13.0. The van der Waals surface area contributed by atoms with Crippen molar-refractivity contribution in [1.82, 2.24) is 0 Å². The third-order valence-corrected chi connectivity index (χ3v) is 16.4. The molecule has 0 nitrogen and oxygen atoms in total. The van der Waals surface area contributed by atoms with Crippen LogP contribution in [-0.4, -0.2) is 16.1 Å². The second kappa shape index (κ2) is 3.83. The van der Waals surface area contributed by atoms with Gasteiger partial charge in [0, 0.05) is 0 Å². The van der Waals surface area contributed by atoms with E-state index in [0.29, 0.717) is 7.87 Å². The minimum absolute atomic E-state index is 0.329. The van der Waals surface area contributed by atoms with Crippen LogP contribution in [0, 0.1) is 0 Å². The van der Waals surface area contributed by atoms with Gasteiger partial charge in [0.15, 0.2) is 0 Å². The molecule has 3 heteroatoms. The molecule has 2 aliphatic rings. The molecule has 0 aromatic heterocycles. The molecule has 0 unspecified atom stereocenters. The minimum atomic E-state index is -3.01. The molecule has 0 atom stereocenters. The maximum atomic E-state index is 6.52. The van der Waals surface area contributed by atoms with Crippen LogP contribution in [0.15, 0.2) is 48.6 Å². The second-order valence-electron chi connectivity index (χ2n) is 3.27. The molecular weight excluding hydrogens is 310 g/mol. The number of halogens is 2. The van der Waals surface area contributed by atoms with E-state index in [0.717, 1.165) is 0 Å². The molecule has 2 aliphatic carbocycles. The first-order valence-electron chi connectivity index (χ1n) is 4.29. The van der Waals surface area contributed by atoms with E-state index in [4.69, 9.17) is 17.8 Å². The average Bonchev–Trinajstić information content (AvgIpc) is 2.78. The first kappa shape index (κ1) is 9.88. The van der Waals surface area contributed by atoms with Crippen LogP contribution in [0.4, 0.5) is 0 Å². The Hall–Kier alpha value is 0.339. The molecule has 13 heavy (non-hydrogen) atoms. The fraction of sp³-hybridized carbons (Fsp3) is 0.200. The van der Waals surface area contributed by atoms with Crippen LogP contribution in [0.5, 0.6) is 0 Å². The van der Waals surface area contributed by atoms with Crippen molar-refractivity contribution in [2.45, 2.75) is 7.87 Å². The van der Waals surface area contributed by atoms with Crippen LogP contribution in [0.1, 0.15) is 0 Å². The van der Waals surface area contributed by atoms with Gasteiger partial charge in [0.05, 0.1) is 0 Å². The van der Waals surface area contributed by atoms with Gasteiger partial charge in [-0.3, -0.25) is 0 Å². The van der Waals surface area contributed by atoms with Crippen molar-refractivity contribution >= 4 is 34.0 Å². The molecule has 0 bridgehead atoms. The molecule has 0 N–H and O–H groups in total. The van der Waals surface area contributed by atoms with Gasteiger partial charge in [-0.1, -0.05) is 0 Å². The molecule has 0 amide bonds. The number of rotatable bonds is 2. The fourth-order valence-electron chi connectivity index (χ4n) is 1.60. The zero-order valence-corrected chi connectivity index (χ0v) is 11.4. The predicted molar refractivity (Wildman–Crippen MR) is 61.5 cm³/mol. The average molecular weight is 320 g/mol. The molecule has 0 heterocycles. The van der Waals surface area contributed by atoms with Crippen LogP contribution in [0.25, 0.3) is 0 Å². The monoisotopic (exact) mass is 320 g/mol. The van der Waals surface area contributed by atoms with Gasteiger partial charge in [-0.25, -0.2) is 0 Å². The summed E-state index contributed by atoms with van der Waals surface area (Å²) in [5.41, 5.74) is 0. The third-order valence-electron chi connectivity index (χ3n) is 2.38. The van der Waals surface area contributed by atoms with Gasteiger partial charge in [0.25, 0.3) is 0 Å². The maximum absolute atomic E-state index is 6.52. The van der Waals surface area contributed by atoms with Gasteiger partial charge in [-0.15, -0.1) is 0 Å². The number of allylic oxidation sites excluding steroid dienone is 8. The molecule has 68 valence electrons. The van der Waals surface area contributed by atoms with Gasteiger partial charge in [0.1, 0.15) is 0 Å². The standard InChI is InChI=1S/2C5H5.2ClH.Sn/c2*1-2-4-5-3-1;;;/h2*1-5H;2*1H;/q;;;;+2/p-2. The second-order valence-corrected chi connectivity index (χ2v) is 20.6. The Morgan fingerprint density at radius 3 is 1.31 bits per heavy atom. The molecule has 0 aliphatic heterocycles. The van der Waals surface area contributed by atoms with E-state index < -0.39 is 16.1 Å². The Kier molecular flexibility index (Phi) is 2.91. The zero-order valence-electron chi connectivity index (χ0n) is 7.03. The van der Waals surface area contributed by atoms with Crippen molar-refractivity contribution < 1.29 is 0 Å². The molecule has 2 rings (SSSR count). The molecule has 0 radical (unpaired) electrons. The first-order valence-corrected chi connectivity index (χ1v) is 14.8. The Morgan fingerprint density at radius 1 is 0.692 bits per heavy atom. The first-order chi connectivity index (χ1) is 6.21. The van der Waals surface area contributed by atoms with Crippen molar-refractivity contribution in [3.05, 3.63) is 48.6 Å².